The topological polar surface area (TPSA) is 93.7 Å². The number of nitrogens with two attached hydrogens (primary N) is 1. The summed E-state index contributed by atoms with van der Waals surface area (Å²) in [6.07, 6.45) is 0.146. The first-order valence-corrected chi connectivity index (χ1v) is 9.23. The molecule has 1 aliphatic rings. The molecule has 29 heavy (non-hydrogen) atoms. The van der Waals surface area contributed by atoms with Crippen LogP contribution >= 0.6 is 0 Å². The number of benzene rings is 2. The van der Waals surface area contributed by atoms with Gasteiger partial charge in [-0.1, -0.05) is 53.2 Å². The Balaban J connectivity index is 1.95. The fraction of sp³-hybridized carbons (Fsp3) is 0.182. The maximum atomic E-state index is 13.0. The normalized spacial score (nSPS) is 13.6. The van der Waals surface area contributed by atoms with Crippen LogP contribution in [-0.4, -0.2) is 28.8 Å². The molecule has 7 heteroatoms. The molecule has 1 aromatic heterocycles. The van der Waals surface area contributed by atoms with Crippen molar-refractivity contribution in [1.82, 2.24) is 9.97 Å². The first-order valence-electron chi connectivity index (χ1n) is 9.23. The summed E-state index contributed by atoms with van der Waals surface area (Å²) in [5.74, 6) is 1.02. The Hall–Kier alpha value is -3.74. The van der Waals surface area contributed by atoms with Crippen molar-refractivity contribution < 1.29 is 9.63 Å². The lowest BCUT2D eigenvalue weighted by molar-refractivity contribution is -0.116. The van der Waals surface area contributed by atoms with E-state index < -0.39 is 0 Å². The highest BCUT2D eigenvalue weighted by atomic mass is 16.6. The summed E-state index contributed by atoms with van der Waals surface area (Å²) < 4.78 is 0. The van der Waals surface area contributed by atoms with Crippen LogP contribution in [0.1, 0.15) is 22.4 Å². The lowest BCUT2D eigenvalue weighted by Gasteiger charge is -2.19. The molecule has 2 aromatic carbocycles. The highest BCUT2D eigenvalue weighted by Gasteiger charge is 2.35. The predicted molar refractivity (Wildman–Crippen MR) is 112 cm³/mol. The molecule has 3 aromatic rings. The van der Waals surface area contributed by atoms with E-state index in [2.05, 4.69) is 10.1 Å². The summed E-state index contributed by atoms with van der Waals surface area (Å²) in [6.45, 7) is 3.98. The number of nitrogens with zero attached hydrogens (tertiary/aromatic N) is 4. The quantitative estimate of drug-likeness (QED) is 0.421. The molecule has 1 aliphatic heterocycles. The minimum Gasteiger partial charge on any atom is -0.397 e. The fourth-order valence-electron chi connectivity index (χ4n) is 3.42. The van der Waals surface area contributed by atoms with E-state index in [1.165, 1.54) is 7.11 Å². The van der Waals surface area contributed by atoms with E-state index in [1.54, 1.807) is 4.90 Å². The number of para-hydroxylation sites is 1. The number of aryl methyl sites for hydroxylation is 2. The summed E-state index contributed by atoms with van der Waals surface area (Å²) in [6, 6.07) is 15.6. The highest BCUT2D eigenvalue weighted by molar-refractivity contribution is 6.10. The van der Waals surface area contributed by atoms with Crippen molar-refractivity contribution in [3.63, 3.8) is 0 Å². The summed E-state index contributed by atoms with van der Waals surface area (Å²) in [5.41, 5.74) is 10.9. The van der Waals surface area contributed by atoms with Crippen molar-refractivity contribution in [1.29, 1.82) is 0 Å². The van der Waals surface area contributed by atoms with E-state index in [1.807, 2.05) is 62.4 Å². The van der Waals surface area contributed by atoms with Crippen LogP contribution in [0.3, 0.4) is 0 Å². The van der Waals surface area contributed by atoms with Crippen LogP contribution in [0.25, 0.3) is 11.4 Å². The molecule has 0 saturated heterocycles. The van der Waals surface area contributed by atoms with Gasteiger partial charge in [-0.05, 0) is 25.5 Å². The van der Waals surface area contributed by atoms with Crippen LogP contribution in [0, 0.1) is 13.8 Å². The largest absolute Gasteiger partial charge is 0.397 e. The second kappa shape index (κ2) is 7.35. The number of carbonyl (C=O) groups excluding carboxylic acids is 1. The molecule has 0 saturated carbocycles. The zero-order valence-electron chi connectivity index (χ0n) is 16.5. The van der Waals surface area contributed by atoms with Crippen LogP contribution in [0.2, 0.25) is 0 Å². The van der Waals surface area contributed by atoms with E-state index in [-0.39, 0.29) is 18.2 Å². The summed E-state index contributed by atoms with van der Waals surface area (Å²) in [5, 5.41) is 3.84. The third kappa shape index (κ3) is 3.31. The number of hydrogen-bond acceptors (Lipinski definition) is 5. The van der Waals surface area contributed by atoms with Crippen molar-refractivity contribution >= 4 is 23.2 Å². The maximum Gasteiger partial charge on any atom is 0.237 e. The van der Waals surface area contributed by atoms with Crippen LogP contribution in [-0.2, 0) is 16.1 Å². The van der Waals surface area contributed by atoms with Gasteiger partial charge in [0, 0.05) is 11.1 Å². The molecule has 0 aliphatic carbocycles. The molecule has 0 fully saturated rings. The average Bonchev–Trinajstić information content (AvgIpc) is 3.04. The Bertz CT molecular complexity index is 1120. The van der Waals surface area contributed by atoms with Gasteiger partial charge in [0.25, 0.3) is 0 Å². The van der Waals surface area contributed by atoms with Gasteiger partial charge in [0.15, 0.2) is 11.7 Å². The molecule has 2 N–H and O–H groups in total. The lowest BCUT2D eigenvalue weighted by Crippen LogP contribution is -2.22. The van der Waals surface area contributed by atoms with E-state index in [4.69, 9.17) is 15.6 Å². The molecule has 2 heterocycles. The van der Waals surface area contributed by atoms with Crippen LogP contribution in [0.15, 0.2) is 53.7 Å². The molecular weight excluding hydrogens is 366 g/mol. The number of amidine groups is 1. The predicted octanol–water partition coefficient (Wildman–Crippen LogP) is 3.25. The van der Waals surface area contributed by atoms with Gasteiger partial charge in [-0.2, -0.15) is 0 Å². The first kappa shape index (κ1) is 18.6. The van der Waals surface area contributed by atoms with Gasteiger partial charge in [-0.3, -0.25) is 9.69 Å². The van der Waals surface area contributed by atoms with Gasteiger partial charge in [0.05, 0.1) is 12.1 Å². The second-order valence-electron chi connectivity index (χ2n) is 6.92. The fourth-order valence-corrected chi connectivity index (χ4v) is 3.42. The Kier molecular flexibility index (Phi) is 4.72. The third-order valence-electron chi connectivity index (χ3n) is 4.87. The summed E-state index contributed by atoms with van der Waals surface area (Å²) >= 11 is 0. The van der Waals surface area contributed by atoms with Gasteiger partial charge >= 0.3 is 0 Å². The Morgan fingerprint density at radius 3 is 2.52 bits per heavy atom. The molecule has 1 amide bonds. The van der Waals surface area contributed by atoms with Gasteiger partial charge in [0.1, 0.15) is 18.6 Å². The number of amides is 1. The molecule has 0 spiro atoms. The number of hydrogen-bond donors (Lipinski definition) is 1. The molecule has 4 rings (SSSR count). The maximum absolute atomic E-state index is 13.0. The van der Waals surface area contributed by atoms with Gasteiger partial charge in [-0.25, -0.2) is 9.97 Å². The zero-order chi connectivity index (χ0) is 20.5. The number of fused-ring (bicyclic) bond motifs is 1. The van der Waals surface area contributed by atoms with Gasteiger partial charge < -0.3 is 10.6 Å². The Morgan fingerprint density at radius 2 is 1.83 bits per heavy atom. The minimum absolute atomic E-state index is 0.0869. The van der Waals surface area contributed by atoms with Gasteiger partial charge in [0.2, 0.25) is 5.91 Å². The summed E-state index contributed by atoms with van der Waals surface area (Å²) in [4.78, 5) is 28.8. The Labute approximate surface area is 168 Å². The average molecular weight is 387 g/mol. The SMILES string of the molecule is CO/N=C(/N)c1nc(-c2ccc(C)cc2)nc2c1CC(=O)N2c1ccccc1C. The van der Waals surface area contributed by atoms with E-state index in [9.17, 15) is 4.79 Å². The second-order valence-corrected chi connectivity index (χ2v) is 6.92. The molecule has 0 atom stereocenters. The third-order valence-corrected chi connectivity index (χ3v) is 4.87. The van der Waals surface area contributed by atoms with Crippen LogP contribution < -0.4 is 10.6 Å². The van der Waals surface area contributed by atoms with E-state index in [0.717, 1.165) is 22.4 Å². The highest BCUT2D eigenvalue weighted by Crippen LogP contribution is 2.38. The molecule has 7 nitrogen and oxygen atoms in total. The van der Waals surface area contributed by atoms with E-state index >= 15 is 0 Å². The molecule has 0 unspecified atom stereocenters. The van der Waals surface area contributed by atoms with Gasteiger partial charge in [-0.15, -0.1) is 0 Å². The van der Waals surface area contributed by atoms with Crippen molar-refractivity contribution in [3.8, 4) is 11.4 Å². The molecule has 0 bridgehead atoms. The molecule has 0 radical (unpaired) electrons. The number of carbonyl (C=O) groups is 1. The standard InChI is InChI=1S/C22H21N5O2/c1-13-8-10-15(11-9-13)21-24-19(20(23)26-29-3)16-12-18(28)27(22(16)25-21)17-7-5-4-6-14(17)2/h4-11H,12H2,1-3H3,(H2,23,26). The smallest absolute Gasteiger partial charge is 0.237 e. The number of anilines is 2. The van der Waals surface area contributed by atoms with Crippen molar-refractivity contribution in [2.75, 3.05) is 12.0 Å². The molecular formula is C22H21N5O2. The first-order chi connectivity index (χ1) is 14.0. The number of rotatable bonds is 4. The van der Waals surface area contributed by atoms with Crippen molar-refractivity contribution in [3.05, 3.63) is 70.9 Å². The zero-order valence-corrected chi connectivity index (χ0v) is 16.5. The van der Waals surface area contributed by atoms with Crippen molar-refractivity contribution in [2.45, 2.75) is 20.3 Å². The number of oxime groups is 1. The minimum atomic E-state index is -0.0869. The number of aromatic nitrogens is 2. The Morgan fingerprint density at radius 1 is 1.10 bits per heavy atom. The van der Waals surface area contributed by atoms with Crippen LogP contribution in [0.5, 0.6) is 0 Å². The lowest BCUT2D eigenvalue weighted by atomic mass is 10.1. The summed E-state index contributed by atoms with van der Waals surface area (Å²) in [7, 11) is 1.42. The molecule has 146 valence electrons. The van der Waals surface area contributed by atoms with Crippen molar-refractivity contribution in [2.24, 2.45) is 10.9 Å². The monoisotopic (exact) mass is 387 g/mol. The van der Waals surface area contributed by atoms with Crippen LogP contribution in [0.4, 0.5) is 11.5 Å². The van der Waals surface area contributed by atoms with E-state index in [0.29, 0.717) is 22.9 Å².